The van der Waals surface area contributed by atoms with Gasteiger partial charge in [0.05, 0.1) is 0 Å². The molecule has 1 fully saturated rings. The monoisotopic (exact) mass is 248 g/mol. The fourth-order valence-corrected chi connectivity index (χ4v) is 1.88. The van der Waals surface area contributed by atoms with Gasteiger partial charge in [-0.25, -0.2) is 9.78 Å². The summed E-state index contributed by atoms with van der Waals surface area (Å²) >= 11 is 0. The van der Waals surface area contributed by atoms with Crippen molar-refractivity contribution >= 4 is 11.9 Å². The Hall–Kier alpha value is -1.58. The van der Waals surface area contributed by atoms with Crippen LogP contribution in [0.4, 0.5) is 10.6 Å². The van der Waals surface area contributed by atoms with Crippen molar-refractivity contribution in [2.75, 3.05) is 4.90 Å². The number of pyridine rings is 1. The molecule has 0 N–H and O–H groups in total. The molecule has 18 heavy (non-hydrogen) atoms. The minimum atomic E-state index is -0.478. The van der Waals surface area contributed by atoms with Crippen molar-refractivity contribution in [2.24, 2.45) is 0 Å². The summed E-state index contributed by atoms with van der Waals surface area (Å²) in [6.45, 7) is 5.63. The highest BCUT2D eigenvalue weighted by Gasteiger charge is 2.33. The van der Waals surface area contributed by atoms with Gasteiger partial charge in [-0.3, -0.25) is 4.90 Å². The van der Waals surface area contributed by atoms with Crippen LogP contribution in [0.15, 0.2) is 24.4 Å². The molecule has 0 saturated heterocycles. The molecule has 1 aliphatic carbocycles. The number of rotatable bonds is 2. The SMILES string of the molecule is CC(C)(C)OC(=O)N(c1ccccn1)C1CCC1. The summed E-state index contributed by atoms with van der Waals surface area (Å²) in [5.74, 6) is 0.677. The van der Waals surface area contributed by atoms with Crippen LogP contribution in [0.2, 0.25) is 0 Å². The second kappa shape index (κ2) is 4.96. The Bertz CT molecular complexity index is 408. The predicted octanol–water partition coefficient (Wildman–Crippen LogP) is 3.38. The van der Waals surface area contributed by atoms with Crippen molar-refractivity contribution in [1.82, 2.24) is 4.98 Å². The number of nitrogens with zero attached hydrogens (tertiary/aromatic N) is 2. The summed E-state index contributed by atoms with van der Waals surface area (Å²) in [5.41, 5.74) is -0.478. The summed E-state index contributed by atoms with van der Waals surface area (Å²) in [6, 6.07) is 5.81. The number of amides is 1. The predicted molar refractivity (Wildman–Crippen MR) is 70.6 cm³/mol. The topological polar surface area (TPSA) is 42.4 Å². The van der Waals surface area contributed by atoms with E-state index in [1.807, 2.05) is 39.0 Å². The zero-order valence-corrected chi connectivity index (χ0v) is 11.2. The summed E-state index contributed by atoms with van der Waals surface area (Å²) in [7, 11) is 0. The first-order valence-corrected chi connectivity index (χ1v) is 6.40. The van der Waals surface area contributed by atoms with Gasteiger partial charge in [0.1, 0.15) is 11.4 Å². The van der Waals surface area contributed by atoms with Crippen LogP contribution in [0.25, 0.3) is 0 Å². The summed E-state index contributed by atoms with van der Waals surface area (Å²) in [5, 5.41) is 0. The smallest absolute Gasteiger partial charge is 0.416 e. The van der Waals surface area contributed by atoms with E-state index in [1.165, 1.54) is 0 Å². The minimum absolute atomic E-state index is 0.231. The zero-order chi connectivity index (χ0) is 13.2. The Labute approximate surface area is 108 Å². The van der Waals surface area contributed by atoms with Crippen LogP contribution >= 0.6 is 0 Å². The summed E-state index contributed by atoms with van der Waals surface area (Å²) in [6.07, 6.45) is 4.61. The molecule has 1 amide bonds. The molecule has 0 atom stereocenters. The van der Waals surface area contributed by atoms with Gasteiger partial charge in [0.25, 0.3) is 0 Å². The normalized spacial score (nSPS) is 15.9. The van der Waals surface area contributed by atoms with Crippen molar-refractivity contribution in [3.8, 4) is 0 Å². The molecule has 0 aromatic carbocycles. The highest BCUT2D eigenvalue weighted by Crippen LogP contribution is 2.29. The van der Waals surface area contributed by atoms with Crippen molar-refractivity contribution < 1.29 is 9.53 Å². The zero-order valence-electron chi connectivity index (χ0n) is 11.2. The molecule has 4 nitrogen and oxygen atoms in total. The Morgan fingerprint density at radius 3 is 2.56 bits per heavy atom. The van der Waals surface area contributed by atoms with E-state index in [2.05, 4.69) is 4.98 Å². The van der Waals surface area contributed by atoms with Crippen molar-refractivity contribution in [3.05, 3.63) is 24.4 Å². The fourth-order valence-electron chi connectivity index (χ4n) is 1.88. The molecule has 2 rings (SSSR count). The van der Waals surface area contributed by atoms with Gasteiger partial charge in [0.15, 0.2) is 0 Å². The van der Waals surface area contributed by atoms with Crippen molar-refractivity contribution in [3.63, 3.8) is 0 Å². The van der Waals surface area contributed by atoms with Gasteiger partial charge >= 0.3 is 6.09 Å². The van der Waals surface area contributed by atoms with E-state index in [1.54, 1.807) is 11.1 Å². The number of carbonyl (C=O) groups excluding carboxylic acids is 1. The average molecular weight is 248 g/mol. The summed E-state index contributed by atoms with van der Waals surface area (Å²) in [4.78, 5) is 18.2. The number of hydrogen-bond acceptors (Lipinski definition) is 3. The molecule has 1 saturated carbocycles. The van der Waals surface area contributed by atoms with Crippen LogP contribution < -0.4 is 4.90 Å². The average Bonchev–Trinajstić information content (AvgIpc) is 2.21. The first-order valence-electron chi connectivity index (χ1n) is 6.40. The van der Waals surface area contributed by atoms with E-state index in [0.717, 1.165) is 19.3 Å². The number of ether oxygens (including phenoxy) is 1. The second-order valence-corrected chi connectivity index (χ2v) is 5.62. The Morgan fingerprint density at radius 1 is 1.39 bits per heavy atom. The highest BCUT2D eigenvalue weighted by molar-refractivity contribution is 5.87. The van der Waals surface area contributed by atoms with Gasteiger partial charge in [-0.1, -0.05) is 6.07 Å². The maximum absolute atomic E-state index is 12.3. The molecule has 98 valence electrons. The van der Waals surface area contributed by atoms with E-state index in [0.29, 0.717) is 5.82 Å². The third-order valence-corrected chi connectivity index (χ3v) is 2.93. The van der Waals surface area contributed by atoms with E-state index in [9.17, 15) is 4.79 Å². The first-order chi connectivity index (χ1) is 8.47. The minimum Gasteiger partial charge on any atom is -0.443 e. The molecular formula is C14H20N2O2. The molecule has 0 radical (unpaired) electrons. The molecule has 0 aliphatic heterocycles. The Balaban J connectivity index is 2.18. The first kappa shape index (κ1) is 12.9. The lowest BCUT2D eigenvalue weighted by Crippen LogP contribution is -2.47. The molecule has 1 aliphatic rings. The molecule has 0 spiro atoms. The van der Waals surface area contributed by atoms with E-state index >= 15 is 0 Å². The molecule has 0 unspecified atom stereocenters. The third-order valence-electron chi connectivity index (χ3n) is 2.93. The largest absolute Gasteiger partial charge is 0.443 e. The van der Waals surface area contributed by atoms with Gasteiger partial charge in [-0.15, -0.1) is 0 Å². The van der Waals surface area contributed by atoms with Crippen molar-refractivity contribution in [1.29, 1.82) is 0 Å². The highest BCUT2D eigenvalue weighted by atomic mass is 16.6. The van der Waals surface area contributed by atoms with Gasteiger partial charge < -0.3 is 4.74 Å². The number of anilines is 1. The van der Waals surface area contributed by atoms with Crippen molar-refractivity contribution in [2.45, 2.75) is 51.7 Å². The lowest BCUT2D eigenvalue weighted by molar-refractivity contribution is 0.0548. The van der Waals surface area contributed by atoms with Crippen LogP contribution in [0.5, 0.6) is 0 Å². The van der Waals surface area contributed by atoms with Gasteiger partial charge in [0, 0.05) is 12.2 Å². The maximum atomic E-state index is 12.3. The van der Waals surface area contributed by atoms with Crippen LogP contribution in [-0.2, 0) is 4.74 Å². The molecule has 1 aromatic rings. The van der Waals surface area contributed by atoms with Crippen LogP contribution in [0.1, 0.15) is 40.0 Å². The molecule has 4 heteroatoms. The van der Waals surface area contributed by atoms with E-state index in [-0.39, 0.29) is 12.1 Å². The molecule has 0 bridgehead atoms. The quantitative estimate of drug-likeness (QED) is 0.805. The van der Waals surface area contributed by atoms with Gasteiger partial charge in [-0.2, -0.15) is 0 Å². The van der Waals surface area contributed by atoms with Gasteiger partial charge in [0.2, 0.25) is 0 Å². The standard InChI is InChI=1S/C14H20N2O2/c1-14(2,3)18-13(17)16(11-7-6-8-11)12-9-4-5-10-15-12/h4-5,9-11H,6-8H2,1-3H3. The van der Waals surface area contributed by atoms with E-state index < -0.39 is 5.60 Å². The summed E-state index contributed by atoms with van der Waals surface area (Å²) < 4.78 is 5.46. The Kier molecular flexibility index (Phi) is 3.55. The fraction of sp³-hybridized carbons (Fsp3) is 0.571. The number of hydrogen-bond donors (Lipinski definition) is 0. The number of aromatic nitrogens is 1. The lowest BCUT2D eigenvalue weighted by Gasteiger charge is -2.37. The molecular weight excluding hydrogens is 228 g/mol. The van der Waals surface area contributed by atoms with Crippen LogP contribution in [-0.4, -0.2) is 22.7 Å². The van der Waals surface area contributed by atoms with E-state index in [4.69, 9.17) is 4.74 Å². The Morgan fingerprint density at radius 2 is 2.11 bits per heavy atom. The number of carbonyl (C=O) groups is 1. The van der Waals surface area contributed by atoms with Crippen LogP contribution in [0, 0.1) is 0 Å². The maximum Gasteiger partial charge on any atom is 0.416 e. The lowest BCUT2D eigenvalue weighted by atomic mass is 9.92. The molecule has 1 aromatic heterocycles. The third kappa shape index (κ3) is 3.00. The van der Waals surface area contributed by atoms with Crippen LogP contribution in [0.3, 0.4) is 0 Å². The van der Waals surface area contributed by atoms with Gasteiger partial charge in [-0.05, 0) is 52.2 Å². The second-order valence-electron chi connectivity index (χ2n) is 5.62. The molecule has 1 heterocycles.